The zero-order valence-corrected chi connectivity index (χ0v) is 7.39. The van der Waals surface area contributed by atoms with Gasteiger partial charge in [0.15, 0.2) is 0 Å². The summed E-state index contributed by atoms with van der Waals surface area (Å²) >= 11 is 0. The first-order valence-corrected chi connectivity index (χ1v) is 4.54. The summed E-state index contributed by atoms with van der Waals surface area (Å²) in [5, 5.41) is 0. The standard InChI is InChI=1S/C10H12N2O/c13-8-12-7-3-5-10(12)9-4-1-2-6-11-9/h1-2,4,6,8,10H,3,5,7H2. The molecule has 1 aromatic heterocycles. The molecule has 1 saturated heterocycles. The second kappa shape index (κ2) is 3.56. The molecule has 1 amide bonds. The van der Waals surface area contributed by atoms with E-state index in [9.17, 15) is 4.79 Å². The van der Waals surface area contributed by atoms with Crippen molar-refractivity contribution in [2.24, 2.45) is 0 Å². The first kappa shape index (κ1) is 8.23. The summed E-state index contributed by atoms with van der Waals surface area (Å²) < 4.78 is 0. The summed E-state index contributed by atoms with van der Waals surface area (Å²) in [5.74, 6) is 0. The number of amides is 1. The van der Waals surface area contributed by atoms with Gasteiger partial charge in [-0.1, -0.05) is 6.07 Å². The van der Waals surface area contributed by atoms with Gasteiger partial charge < -0.3 is 4.90 Å². The third-order valence-corrected chi connectivity index (χ3v) is 2.46. The Morgan fingerprint density at radius 2 is 2.46 bits per heavy atom. The highest BCUT2D eigenvalue weighted by molar-refractivity contribution is 5.49. The molecule has 0 aromatic carbocycles. The van der Waals surface area contributed by atoms with Gasteiger partial charge >= 0.3 is 0 Å². The van der Waals surface area contributed by atoms with Crippen molar-refractivity contribution in [1.29, 1.82) is 0 Å². The molecule has 0 N–H and O–H groups in total. The Bertz CT molecular complexity index is 286. The van der Waals surface area contributed by atoms with Crippen LogP contribution in [0.1, 0.15) is 24.6 Å². The van der Waals surface area contributed by atoms with Gasteiger partial charge in [-0.15, -0.1) is 0 Å². The van der Waals surface area contributed by atoms with E-state index >= 15 is 0 Å². The lowest BCUT2D eigenvalue weighted by Crippen LogP contribution is -2.21. The van der Waals surface area contributed by atoms with Crippen LogP contribution in [0.25, 0.3) is 0 Å². The zero-order valence-electron chi connectivity index (χ0n) is 7.39. The Morgan fingerprint density at radius 3 is 3.15 bits per heavy atom. The van der Waals surface area contributed by atoms with Crippen LogP contribution in [0, 0.1) is 0 Å². The van der Waals surface area contributed by atoms with Crippen LogP contribution >= 0.6 is 0 Å². The summed E-state index contributed by atoms with van der Waals surface area (Å²) in [4.78, 5) is 16.8. The molecule has 0 radical (unpaired) electrons. The van der Waals surface area contributed by atoms with Gasteiger partial charge in [0.2, 0.25) is 6.41 Å². The molecule has 1 aliphatic rings. The van der Waals surface area contributed by atoms with E-state index in [2.05, 4.69) is 4.98 Å². The monoisotopic (exact) mass is 176 g/mol. The summed E-state index contributed by atoms with van der Waals surface area (Å²) in [6.45, 7) is 0.866. The molecule has 3 heteroatoms. The third-order valence-electron chi connectivity index (χ3n) is 2.46. The average Bonchev–Trinajstić information content (AvgIpc) is 2.67. The number of carbonyl (C=O) groups excluding carboxylic acids is 1. The lowest BCUT2D eigenvalue weighted by atomic mass is 10.1. The summed E-state index contributed by atoms with van der Waals surface area (Å²) in [6.07, 6.45) is 4.82. The van der Waals surface area contributed by atoms with E-state index in [-0.39, 0.29) is 6.04 Å². The molecule has 1 fully saturated rings. The number of pyridine rings is 1. The van der Waals surface area contributed by atoms with E-state index in [0.717, 1.165) is 31.5 Å². The minimum absolute atomic E-state index is 0.207. The Balaban J connectivity index is 2.21. The molecule has 1 atom stereocenters. The van der Waals surface area contributed by atoms with Gasteiger partial charge in [0, 0.05) is 12.7 Å². The minimum Gasteiger partial charge on any atom is -0.337 e. The number of hydrogen-bond acceptors (Lipinski definition) is 2. The van der Waals surface area contributed by atoms with E-state index in [4.69, 9.17) is 0 Å². The van der Waals surface area contributed by atoms with Crippen LogP contribution in [0.4, 0.5) is 0 Å². The Labute approximate surface area is 77.4 Å². The molecule has 3 nitrogen and oxygen atoms in total. The van der Waals surface area contributed by atoms with E-state index < -0.39 is 0 Å². The van der Waals surface area contributed by atoms with Crippen molar-refractivity contribution < 1.29 is 4.79 Å². The Morgan fingerprint density at radius 1 is 1.54 bits per heavy atom. The predicted octanol–water partition coefficient (Wildman–Crippen LogP) is 1.37. The number of nitrogens with zero attached hydrogens (tertiary/aromatic N) is 2. The molecule has 1 aliphatic heterocycles. The van der Waals surface area contributed by atoms with Crippen LogP contribution in [-0.4, -0.2) is 22.8 Å². The molecule has 2 heterocycles. The molecule has 0 spiro atoms. The Hall–Kier alpha value is -1.38. The van der Waals surface area contributed by atoms with Gasteiger partial charge in [-0.2, -0.15) is 0 Å². The van der Waals surface area contributed by atoms with Crippen molar-refractivity contribution in [3.8, 4) is 0 Å². The molecule has 0 aliphatic carbocycles. The van der Waals surface area contributed by atoms with Crippen molar-refractivity contribution in [1.82, 2.24) is 9.88 Å². The van der Waals surface area contributed by atoms with Crippen LogP contribution in [0.15, 0.2) is 24.4 Å². The van der Waals surface area contributed by atoms with Gasteiger partial charge in [-0.25, -0.2) is 0 Å². The summed E-state index contributed by atoms with van der Waals surface area (Å²) in [6, 6.07) is 6.04. The lowest BCUT2D eigenvalue weighted by Gasteiger charge is -2.18. The van der Waals surface area contributed by atoms with E-state index in [1.807, 2.05) is 23.1 Å². The summed E-state index contributed by atoms with van der Waals surface area (Å²) in [5.41, 5.74) is 1.01. The van der Waals surface area contributed by atoms with Crippen molar-refractivity contribution in [2.75, 3.05) is 6.54 Å². The molecule has 0 saturated carbocycles. The fourth-order valence-corrected chi connectivity index (χ4v) is 1.81. The molecule has 2 rings (SSSR count). The lowest BCUT2D eigenvalue weighted by molar-refractivity contribution is -0.119. The number of likely N-dealkylation sites (tertiary alicyclic amines) is 1. The van der Waals surface area contributed by atoms with Crippen LogP contribution in [0.5, 0.6) is 0 Å². The maximum atomic E-state index is 10.7. The number of aromatic nitrogens is 1. The molecule has 0 bridgehead atoms. The SMILES string of the molecule is O=CN1CCCC1c1ccccn1. The van der Waals surface area contributed by atoms with Crippen LogP contribution < -0.4 is 0 Å². The first-order valence-electron chi connectivity index (χ1n) is 4.54. The van der Waals surface area contributed by atoms with Crippen LogP contribution in [-0.2, 0) is 4.79 Å². The second-order valence-corrected chi connectivity index (χ2v) is 3.26. The molecular formula is C10H12N2O. The fourth-order valence-electron chi connectivity index (χ4n) is 1.81. The predicted molar refractivity (Wildman–Crippen MR) is 49.0 cm³/mol. The maximum absolute atomic E-state index is 10.7. The zero-order chi connectivity index (χ0) is 9.10. The number of rotatable bonds is 2. The molecule has 1 aromatic rings. The smallest absolute Gasteiger partial charge is 0.210 e. The normalized spacial score (nSPS) is 21.8. The van der Waals surface area contributed by atoms with Gasteiger partial charge in [0.1, 0.15) is 0 Å². The highest BCUT2D eigenvalue weighted by atomic mass is 16.1. The first-order chi connectivity index (χ1) is 6.42. The fraction of sp³-hybridized carbons (Fsp3) is 0.400. The van der Waals surface area contributed by atoms with Gasteiger partial charge in [-0.05, 0) is 25.0 Å². The highest BCUT2D eigenvalue weighted by Crippen LogP contribution is 2.28. The van der Waals surface area contributed by atoms with E-state index in [1.165, 1.54) is 0 Å². The molecular weight excluding hydrogens is 164 g/mol. The van der Waals surface area contributed by atoms with Crippen LogP contribution in [0.3, 0.4) is 0 Å². The van der Waals surface area contributed by atoms with E-state index in [0.29, 0.717) is 0 Å². The highest BCUT2D eigenvalue weighted by Gasteiger charge is 2.24. The topological polar surface area (TPSA) is 33.2 Å². The number of hydrogen-bond donors (Lipinski definition) is 0. The maximum Gasteiger partial charge on any atom is 0.210 e. The van der Waals surface area contributed by atoms with Gasteiger partial charge in [0.05, 0.1) is 11.7 Å². The van der Waals surface area contributed by atoms with Gasteiger partial charge in [0.25, 0.3) is 0 Å². The molecule has 68 valence electrons. The van der Waals surface area contributed by atoms with Crippen molar-refractivity contribution in [3.63, 3.8) is 0 Å². The third kappa shape index (κ3) is 1.54. The minimum atomic E-state index is 0.207. The summed E-state index contributed by atoms with van der Waals surface area (Å²) in [7, 11) is 0. The van der Waals surface area contributed by atoms with Crippen molar-refractivity contribution in [3.05, 3.63) is 30.1 Å². The Kier molecular flexibility index (Phi) is 2.25. The average molecular weight is 176 g/mol. The van der Waals surface area contributed by atoms with Crippen LogP contribution in [0.2, 0.25) is 0 Å². The quantitative estimate of drug-likeness (QED) is 0.638. The largest absolute Gasteiger partial charge is 0.337 e. The number of carbonyl (C=O) groups is 1. The second-order valence-electron chi connectivity index (χ2n) is 3.26. The van der Waals surface area contributed by atoms with Gasteiger partial charge in [-0.3, -0.25) is 9.78 Å². The molecule has 13 heavy (non-hydrogen) atoms. The molecule has 1 unspecified atom stereocenters. The van der Waals surface area contributed by atoms with Crippen molar-refractivity contribution in [2.45, 2.75) is 18.9 Å². The van der Waals surface area contributed by atoms with Crippen molar-refractivity contribution >= 4 is 6.41 Å². The van der Waals surface area contributed by atoms with E-state index in [1.54, 1.807) is 6.20 Å².